The molecule has 7 heteroatoms. The molecule has 2 N–H and O–H groups in total. The number of benzene rings is 1. The van der Waals surface area contributed by atoms with Gasteiger partial charge in [0, 0.05) is 35.8 Å². The molecule has 4 aromatic rings. The van der Waals surface area contributed by atoms with Crippen LogP contribution in [0.2, 0.25) is 0 Å². The minimum atomic E-state index is 0.359. The maximum Gasteiger partial charge on any atom is 0.279 e. The van der Waals surface area contributed by atoms with Gasteiger partial charge in [0.2, 0.25) is 0 Å². The topological polar surface area (TPSA) is 77.4 Å². The lowest BCUT2D eigenvalue weighted by molar-refractivity contribution is 0.112. The molecule has 1 aromatic carbocycles. The zero-order valence-electron chi connectivity index (χ0n) is 16.0. The van der Waals surface area contributed by atoms with E-state index < -0.39 is 0 Å². The molecule has 2 fully saturated rings. The number of thiazole rings is 1. The molecule has 3 atom stereocenters. The van der Waals surface area contributed by atoms with Gasteiger partial charge in [0.25, 0.3) is 5.19 Å². The summed E-state index contributed by atoms with van der Waals surface area (Å²) < 4.78 is 13.2. The Bertz CT molecular complexity index is 1140. The van der Waals surface area contributed by atoms with Crippen molar-refractivity contribution in [1.29, 1.82) is 0 Å². The van der Waals surface area contributed by atoms with E-state index in [1.807, 2.05) is 24.3 Å². The van der Waals surface area contributed by atoms with E-state index in [0.717, 1.165) is 52.1 Å². The minimum absolute atomic E-state index is 0.359. The quantitative estimate of drug-likeness (QED) is 0.530. The van der Waals surface area contributed by atoms with Crippen molar-refractivity contribution in [2.45, 2.75) is 50.4 Å². The maximum atomic E-state index is 6.21. The lowest BCUT2D eigenvalue weighted by Gasteiger charge is -2.37. The Kier molecular flexibility index (Phi) is 4.07. The smallest absolute Gasteiger partial charge is 0.279 e. The van der Waals surface area contributed by atoms with Crippen LogP contribution in [0.3, 0.4) is 0 Å². The summed E-state index contributed by atoms with van der Waals surface area (Å²) in [6.07, 6.45) is 8.24. The highest BCUT2D eigenvalue weighted by Crippen LogP contribution is 2.37. The first-order valence-electron chi connectivity index (χ1n) is 10.1. The highest BCUT2D eigenvalue weighted by Gasteiger charge is 2.39. The van der Waals surface area contributed by atoms with Gasteiger partial charge in [-0.05, 0) is 49.9 Å². The number of ether oxygens (including phenoxy) is 1. The number of hydrogen-bond acceptors (Lipinski definition) is 7. The monoisotopic (exact) mass is 406 g/mol. The van der Waals surface area contributed by atoms with Crippen molar-refractivity contribution in [2.75, 3.05) is 0 Å². The van der Waals surface area contributed by atoms with Crippen molar-refractivity contribution in [3.05, 3.63) is 48.5 Å². The summed E-state index contributed by atoms with van der Waals surface area (Å²) in [5.41, 5.74) is 7.91. The molecule has 1 unspecified atom stereocenters. The predicted octanol–water partition coefficient (Wildman–Crippen LogP) is 4.68. The number of hydrogen-bond donors (Lipinski definition) is 1. The number of furan rings is 1. The third kappa shape index (κ3) is 3.19. The Morgan fingerprint density at radius 1 is 1.17 bits per heavy atom. The van der Waals surface area contributed by atoms with Crippen molar-refractivity contribution in [3.8, 4) is 10.9 Å². The molecule has 2 saturated heterocycles. The van der Waals surface area contributed by atoms with Crippen LogP contribution in [0.1, 0.15) is 31.4 Å². The van der Waals surface area contributed by atoms with E-state index >= 15 is 0 Å². The Morgan fingerprint density at radius 2 is 2.03 bits per heavy atom. The zero-order chi connectivity index (χ0) is 19.4. The van der Waals surface area contributed by atoms with Crippen molar-refractivity contribution in [1.82, 2.24) is 14.9 Å². The second-order valence-corrected chi connectivity index (χ2v) is 9.12. The summed E-state index contributed by atoms with van der Waals surface area (Å²) in [4.78, 5) is 11.2. The first-order valence-corrected chi connectivity index (χ1v) is 10.9. The van der Waals surface area contributed by atoms with Gasteiger partial charge in [0.1, 0.15) is 22.6 Å². The van der Waals surface area contributed by atoms with E-state index in [1.54, 1.807) is 12.4 Å². The number of fused-ring (bicyclic) bond motifs is 4. The second-order valence-electron chi connectivity index (χ2n) is 8.13. The first-order chi connectivity index (χ1) is 14.2. The molecule has 0 saturated carbocycles. The molecule has 0 amide bonds. The van der Waals surface area contributed by atoms with Crippen LogP contribution in [0.15, 0.2) is 47.1 Å². The molecule has 29 heavy (non-hydrogen) atoms. The molecular formula is C22H22N4O2S. The number of nitrogens with two attached hydrogens (primary N) is 1. The summed E-state index contributed by atoms with van der Waals surface area (Å²) >= 11 is 1.51. The third-order valence-electron chi connectivity index (χ3n) is 6.18. The van der Waals surface area contributed by atoms with Gasteiger partial charge in [-0.1, -0.05) is 11.3 Å². The van der Waals surface area contributed by atoms with Gasteiger partial charge in [0.15, 0.2) is 0 Å². The van der Waals surface area contributed by atoms with Crippen LogP contribution in [-0.4, -0.2) is 33.0 Å². The number of piperidine rings is 1. The van der Waals surface area contributed by atoms with Crippen LogP contribution in [0.4, 0.5) is 0 Å². The molecule has 6 rings (SSSR count). The molecule has 2 aliphatic rings. The number of pyridine rings is 1. The van der Waals surface area contributed by atoms with Gasteiger partial charge in [-0.3, -0.25) is 9.88 Å². The van der Waals surface area contributed by atoms with Crippen LogP contribution in [0.5, 0.6) is 10.9 Å². The maximum absolute atomic E-state index is 6.21. The van der Waals surface area contributed by atoms with E-state index in [0.29, 0.717) is 23.3 Å². The van der Waals surface area contributed by atoms with Crippen molar-refractivity contribution in [3.63, 3.8) is 0 Å². The molecule has 0 aliphatic carbocycles. The zero-order valence-corrected chi connectivity index (χ0v) is 16.8. The summed E-state index contributed by atoms with van der Waals surface area (Å²) in [5, 5.41) is 1.71. The van der Waals surface area contributed by atoms with Crippen molar-refractivity contribution < 1.29 is 9.15 Å². The highest BCUT2D eigenvalue weighted by molar-refractivity contribution is 7.20. The summed E-state index contributed by atoms with van der Waals surface area (Å²) in [5.74, 6) is 1.74. The van der Waals surface area contributed by atoms with E-state index in [9.17, 15) is 0 Å². The molecule has 6 nitrogen and oxygen atoms in total. The fourth-order valence-corrected chi connectivity index (χ4v) is 5.67. The molecule has 148 valence electrons. The van der Waals surface area contributed by atoms with E-state index in [4.69, 9.17) is 14.9 Å². The Morgan fingerprint density at radius 3 is 2.86 bits per heavy atom. The molecule has 2 bridgehead atoms. The fraction of sp³-hybridized carbons (Fsp3) is 0.364. The van der Waals surface area contributed by atoms with Gasteiger partial charge >= 0.3 is 0 Å². The molecule has 0 radical (unpaired) electrons. The Balaban J connectivity index is 1.23. The summed E-state index contributed by atoms with van der Waals surface area (Å²) in [6, 6.07) is 11.6. The van der Waals surface area contributed by atoms with Gasteiger partial charge in [-0.25, -0.2) is 4.98 Å². The van der Waals surface area contributed by atoms with Gasteiger partial charge < -0.3 is 14.9 Å². The van der Waals surface area contributed by atoms with Crippen molar-refractivity contribution in [2.24, 2.45) is 5.73 Å². The fourth-order valence-electron chi connectivity index (χ4n) is 4.87. The molecular weight excluding hydrogens is 384 g/mol. The lowest BCUT2D eigenvalue weighted by Crippen LogP contribution is -2.46. The second kappa shape index (κ2) is 6.79. The minimum Gasteiger partial charge on any atom is -0.460 e. The highest BCUT2D eigenvalue weighted by atomic mass is 32.1. The van der Waals surface area contributed by atoms with E-state index in [1.165, 1.54) is 24.2 Å². The van der Waals surface area contributed by atoms with Crippen LogP contribution < -0.4 is 10.5 Å². The first kappa shape index (κ1) is 17.4. The lowest BCUT2D eigenvalue weighted by atomic mass is 9.98. The Hall–Kier alpha value is -2.48. The molecule has 5 heterocycles. The van der Waals surface area contributed by atoms with E-state index in [-0.39, 0.29) is 0 Å². The average molecular weight is 407 g/mol. The summed E-state index contributed by atoms with van der Waals surface area (Å²) in [7, 11) is 0. The summed E-state index contributed by atoms with van der Waals surface area (Å²) in [6.45, 7) is 0.859. The normalized spacial score (nSPS) is 24.5. The van der Waals surface area contributed by atoms with E-state index in [2.05, 4.69) is 20.9 Å². The number of rotatable bonds is 4. The van der Waals surface area contributed by atoms with Crippen LogP contribution in [0, 0.1) is 0 Å². The predicted molar refractivity (Wildman–Crippen MR) is 113 cm³/mol. The SMILES string of the molecule is NC1C[C@H]2CC[C@@H](C1)N2Cc1cc2ccc(Oc3nc4cnccc4s3)cc2o1. The van der Waals surface area contributed by atoms with Gasteiger partial charge in [-0.2, -0.15) is 0 Å². The standard InChI is InChI=1S/C22H22N4O2S/c23-14-8-15-2-3-16(9-14)26(15)12-18-7-13-1-4-17(10-20(13)27-18)28-22-25-19-11-24-6-5-21(19)29-22/h1,4-7,10-11,14-16H,2-3,8-9,12,23H2/t14?,15-,16+. The van der Waals surface area contributed by atoms with Crippen LogP contribution in [0.25, 0.3) is 21.2 Å². The average Bonchev–Trinajstić information content (AvgIpc) is 3.36. The van der Waals surface area contributed by atoms with Crippen LogP contribution in [-0.2, 0) is 6.54 Å². The third-order valence-corrected chi connectivity index (χ3v) is 7.09. The van der Waals surface area contributed by atoms with Crippen LogP contribution >= 0.6 is 11.3 Å². The molecule has 0 spiro atoms. The number of nitrogens with zero attached hydrogens (tertiary/aromatic N) is 3. The van der Waals surface area contributed by atoms with Gasteiger partial charge in [-0.15, -0.1) is 0 Å². The Labute approximate surface area is 172 Å². The largest absolute Gasteiger partial charge is 0.460 e. The molecule has 2 aliphatic heterocycles. The molecule has 3 aromatic heterocycles. The van der Waals surface area contributed by atoms with Crippen molar-refractivity contribution >= 4 is 32.5 Å². The number of aromatic nitrogens is 2. The van der Waals surface area contributed by atoms with Gasteiger partial charge in [0.05, 0.1) is 17.4 Å².